The summed E-state index contributed by atoms with van der Waals surface area (Å²) in [6.07, 6.45) is 0.479. The third-order valence-electron chi connectivity index (χ3n) is 3.23. The molecule has 0 aliphatic rings. The molecule has 0 fully saturated rings. The van der Waals surface area contributed by atoms with Crippen LogP contribution in [0.25, 0.3) is 0 Å². The van der Waals surface area contributed by atoms with E-state index in [4.69, 9.17) is 29.0 Å². The first-order chi connectivity index (χ1) is 9.51. The molecule has 0 aliphatic heterocycles. The maximum atomic E-state index is 13.3. The lowest BCUT2D eigenvalue weighted by Gasteiger charge is -2.18. The lowest BCUT2D eigenvalue weighted by molar-refractivity contribution is 0.548. The SMILES string of the molecule is Cc1ccc(C(Cc2cc(F)ccc2Cl)NN)cc1Cl. The number of aryl methyl sites for hydroxylation is 1. The fourth-order valence-corrected chi connectivity index (χ4v) is 2.40. The minimum absolute atomic E-state index is 0.188. The van der Waals surface area contributed by atoms with Crippen LogP contribution in [-0.2, 0) is 6.42 Å². The molecule has 2 nitrogen and oxygen atoms in total. The van der Waals surface area contributed by atoms with Gasteiger partial charge in [-0.3, -0.25) is 11.3 Å². The summed E-state index contributed by atoms with van der Waals surface area (Å²) in [6, 6.07) is 9.83. The molecule has 2 aromatic rings. The highest BCUT2D eigenvalue weighted by Crippen LogP contribution is 2.26. The molecule has 0 aromatic heterocycles. The predicted molar refractivity (Wildman–Crippen MR) is 81.4 cm³/mol. The maximum Gasteiger partial charge on any atom is 0.123 e. The molecule has 0 aliphatic carbocycles. The number of benzene rings is 2. The second-order valence-corrected chi connectivity index (χ2v) is 5.48. The molecule has 0 bridgehead atoms. The Labute approximate surface area is 127 Å². The third kappa shape index (κ3) is 3.49. The van der Waals surface area contributed by atoms with E-state index >= 15 is 0 Å². The Kier molecular flexibility index (Phi) is 5.00. The zero-order chi connectivity index (χ0) is 14.7. The number of hydrogen-bond acceptors (Lipinski definition) is 2. The van der Waals surface area contributed by atoms with Gasteiger partial charge in [0.2, 0.25) is 0 Å². The molecular weight excluding hydrogens is 298 g/mol. The van der Waals surface area contributed by atoms with E-state index in [-0.39, 0.29) is 11.9 Å². The highest BCUT2D eigenvalue weighted by molar-refractivity contribution is 6.31. The van der Waals surface area contributed by atoms with Crippen molar-refractivity contribution in [2.75, 3.05) is 0 Å². The Hall–Kier alpha value is -1.13. The van der Waals surface area contributed by atoms with Gasteiger partial charge in [-0.2, -0.15) is 0 Å². The average molecular weight is 313 g/mol. The van der Waals surface area contributed by atoms with E-state index in [1.807, 2.05) is 25.1 Å². The Balaban J connectivity index is 2.28. The second-order valence-electron chi connectivity index (χ2n) is 4.67. The van der Waals surface area contributed by atoms with Gasteiger partial charge >= 0.3 is 0 Å². The number of hydrogen-bond donors (Lipinski definition) is 2. The van der Waals surface area contributed by atoms with Crippen LogP contribution in [0.2, 0.25) is 10.0 Å². The van der Waals surface area contributed by atoms with Crippen molar-refractivity contribution in [3.8, 4) is 0 Å². The Morgan fingerprint density at radius 1 is 1.15 bits per heavy atom. The van der Waals surface area contributed by atoms with Crippen molar-refractivity contribution < 1.29 is 4.39 Å². The zero-order valence-corrected chi connectivity index (χ0v) is 12.5. The number of halogens is 3. The van der Waals surface area contributed by atoms with Crippen LogP contribution in [0.4, 0.5) is 4.39 Å². The minimum Gasteiger partial charge on any atom is -0.271 e. The van der Waals surface area contributed by atoms with Crippen molar-refractivity contribution >= 4 is 23.2 Å². The second kappa shape index (κ2) is 6.55. The Bertz CT molecular complexity index is 617. The first-order valence-electron chi connectivity index (χ1n) is 6.17. The quantitative estimate of drug-likeness (QED) is 0.656. The van der Waals surface area contributed by atoms with Gasteiger partial charge in [-0.1, -0.05) is 35.3 Å². The highest BCUT2D eigenvalue weighted by atomic mass is 35.5. The van der Waals surface area contributed by atoms with Crippen LogP contribution < -0.4 is 11.3 Å². The van der Waals surface area contributed by atoms with Crippen LogP contribution in [-0.4, -0.2) is 0 Å². The van der Waals surface area contributed by atoms with Crippen LogP contribution in [0.3, 0.4) is 0 Å². The van der Waals surface area contributed by atoms with Crippen LogP contribution >= 0.6 is 23.2 Å². The van der Waals surface area contributed by atoms with Crippen molar-refractivity contribution in [2.24, 2.45) is 5.84 Å². The monoisotopic (exact) mass is 312 g/mol. The number of hydrazine groups is 1. The Morgan fingerprint density at radius 3 is 2.55 bits per heavy atom. The molecule has 0 spiro atoms. The highest BCUT2D eigenvalue weighted by Gasteiger charge is 2.14. The summed E-state index contributed by atoms with van der Waals surface area (Å²) in [5.74, 6) is 5.28. The Morgan fingerprint density at radius 2 is 1.90 bits per heavy atom. The van der Waals surface area contributed by atoms with E-state index in [1.165, 1.54) is 12.1 Å². The van der Waals surface area contributed by atoms with E-state index < -0.39 is 0 Å². The van der Waals surface area contributed by atoms with Gasteiger partial charge in [0.1, 0.15) is 5.82 Å². The van der Waals surface area contributed by atoms with Crippen molar-refractivity contribution in [2.45, 2.75) is 19.4 Å². The van der Waals surface area contributed by atoms with Crippen LogP contribution in [0.5, 0.6) is 0 Å². The summed E-state index contributed by atoms with van der Waals surface area (Å²) in [5.41, 5.74) is 5.35. The van der Waals surface area contributed by atoms with Crippen LogP contribution in [0, 0.1) is 12.7 Å². The fourth-order valence-electron chi connectivity index (χ4n) is 2.02. The molecule has 0 saturated carbocycles. The molecule has 20 heavy (non-hydrogen) atoms. The lowest BCUT2D eigenvalue weighted by atomic mass is 9.98. The molecular formula is C15H15Cl2FN2. The summed E-state index contributed by atoms with van der Waals surface area (Å²) in [7, 11) is 0. The van der Waals surface area contributed by atoms with E-state index in [0.29, 0.717) is 22.0 Å². The summed E-state index contributed by atoms with van der Waals surface area (Å²) in [4.78, 5) is 0. The van der Waals surface area contributed by atoms with Gasteiger partial charge in [0, 0.05) is 10.0 Å². The third-order valence-corrected chi connectivity index (χ3v) is 4.01. The summed E-state index contributed by atoms with van der Waals surface area (Å²) < 4.78 is 13.3. The molecule has 2 rings (SSSR count). The van der Waals surface area contributed by atoms with Gasteiger partial charge in [-0.05, 0) is 54.3 Å². The molecule has 3 N–H and O–H groups in total. The van der Waals surface area contributed by atoms with E-state index in [0.717, 1.165) is 11.1 Å². The molecule has 0 heterocycles. The normalized spacial score (nSPS) is 12.4. The number of nitrogens with one attached hydrogen (secondary N) is 1. The maximum absolute atomic E-state index is 13.3. The first kappa shape index (κ1) is 15.3. The van der Waals surface area contributed by atoms with Crippen LogP contribution in [0.15, 0.2) is 36.4 Å². The molecule has 106 valence electrons. The molecule has 1 unspecified atom stereocenters. The smallest absolute Gasteiger partial charge is 0.123 e. The van der Waals surface area contributed by atoms with Gasteiger partial charge in [0.15, 0.2) is 0 Å². The zero-order valence-electron chi connectivity index (χ0n) is 11.0. The van der Waals surface area contributed by atoms with Gasteiger partial charge in [0.25, 0.3) is 0 Å². The van der Waals surface area contributed by atoms with E-state index in [9.17, 15) is 4.39 Å². The van der Waals surface area contributed by atoms with E-state index in [2.05, 4.69) is 5.43 Å². The largest absolute Gasteiger partial charge is 0.271 e. The van der Waals surface area contributed by atoms with Gasteiger partial charge in [0.05, 0.1) is 6.04 Å². The molecule has 2 aromatic carbocycles. The number of nitrogens with two attached hydrogens (primary N) is 1. The lowest BCUT2D eigenvalue weighted by Crippen LogP contribution is -2.29. The first-order valence-corrected chi connectivity index (χ1v) is 6.93. The number of rotatable bonds is 4. The average Bonchev–Trinajstić information content (AvgIpc) is 2.43. The van der Waals surface area contributed by atoms with Gasteiger partial charge < -0.3 is 0 Å². The molecule has 0 amide bonds. The molecule has 5 heteroatoms. The summed E-state index contributed by atoms with van der Waals surface area (Å²) in [6.45, 7) is 1.93. The van der Waals surface area contributed by atoms with Crippen molar-refractivity contribution in [1.82, 2.24) is 5.43 Å². The van der Waals surface area contributed by atoms with Gasteiger partial charge in [-0.15, -0.1) is 0 Å². The van der Waals surface area contributed by atoms with Crippen molar-refractivity contribution in [3.63, 3.8) is 0 Å². The fraction of sp³-hybridized carbons (Fsp3) is 0.200. The van der Waals surface area contributed by atoms with Crippen LogP contribution in [0.1, 0.15) is 22.7 Å². The standard InChI is InChI=1S/C15H15Cl2FN2/c1-9-2-3-10(7-14(9)17)15(20-19)8-11-6-12(18)4-5-13(11)16/h2-7,15,20H,8,19H2,1H3. The topological polar surface area (TPSA) is 38.0 Å². The summed E-state index contributed by atoms with van der Waals surface area (Å²) >= 11 is 12.2. The van der Waals surface area contributed by atoms with Crippen molar-refractivity contribution in [3.05, 3.63) is 69.0 Å². The summed E-state index contributed by atoms with van der Waals surface area (Å²) in [5, 5.41) is 1.19. The van der Waals surface area contributed by atoms with E-state index in [1.54, 1.807) is 6.07 Å². The predicted octanol–water partition coefficient (Wildman–Crippen LogP) is 4.19. The molecule has 0 saturated heterocycles. The molecule has 0 radical (unpaired) electrons. The van der Waals surface area contributed by atoms with Gasteiger partial charge in [-0.25, -0.2) is 4.39 Å². The van der Waals surface area contributed by atoms with Crippen molar-refractivity contribution in [1.29, 1.82) is 0 Å². The minimum atomic E-state index is -0.317. The molecule has 1 atom stereocenters.